The van der Waals surface area contributed by atoms with Gasteiger partial charge >= 0.3 is 0 Å². The maximum Gasteiger partial charge on any atom is 0.264 e. The van der Waals surface area contributed by atoms with Gasteiger partial charge in [-0.1, -0.05) is 20.8 Å². The summed E-state index contributed by atoms with van der Waals surface area (Å²) in [6.07, 6.45) is 1.11. The Bertz CT molecular complexity index is 439. The molecule has 18 heavy (non-hydrogen) atoms. The monoisotopic (exact) mass is 266 g/mol. The summed E-state index contributed by atoms with van der Waals surface area (Å²) in [6, 6.07) is 1.81. The summed E-state index contributed by atoms with van der Waals surface area (Å²) in [5.74, 6) is 0.742. The van der Waals surface area contributed by atoms with Gasteiger partial charge in [-0.25, -0.2) is 0 Å². The van der Waals surface area contributed by atoms with Crippen LogP contribution in [0.1, 0.15) is 41.7 Å². The van der Waals surface area contributed by atoms with Gasteiger partial charge in [-0.2, -0.15) is 0 Å². The smallest absolute Gasteiger partial charge is 0.264 e. The molecular weight excluding hydrogens is 244 g/mol. The van der Waals surface area contributed by atoms with Crippen molar-refractivity contribution in [3.8, 4) is 0 Å². The Kier molecular flexibility index (Phi) is 3.41. The van der Waals surface area contributed by atoms with Crippen molar-refractivity contribution in [3.05, 3.63) is 15.8 Å². The number of thiophene rings is 1. The van der Waals surface area contributed by atoms with E-state index in [2.05, 4.69) is 20.8 Å². The van der Waals surface area contributed by atoms with Crippen LogP contribution in [0.15, 0.2) is 6.07 Å². The Morgan fingerprint density at radius 1 is 1.50 bits per heavy atom. The molecule has 1 aromatic heterocycles. The van der Waals surface area contributed by atoms with Gasteiger partial charge in [0.15, 0.2) is 0 Å². The second kappa shape index (κ2) is 4.57. The van der Waals surface area contributed by atoms with Crippen molar-refractivity contribution in [2.75, 3.05) is 18.8 Å². The average Bonchev–Trinajstić information content (AvgIpc) is 2.85. The van der Waals surface area contributed by atoms with Gasteiger partial charge in [-0.3, -0.25) is 4.79 Å². The van der Waals surface area contributed by atoms with Crippen molar-refractivity contribution in [2.24, 2.45) is 11.3 Å². The first kappa shape index (κ1) is 13.4. The number of hydrogen-bond acceptors (Lipinski definition) is 3. The van der Waals surface area contributed by atoms with E-state index in [0.29, 0.717) is 5.92 Å². The van der Waals surface area contributed by atoms with E-state index in [0.717, 1.165) is 35.0 Å². The fourth-order valence-electron chi connectivity index (χ4n) is 2.41. The van der Waals surface area contributed by atoms with Crippen molar-refractivity contribution in [3.63, 3.8) is 0 Å². The van der Waals surface area contributed by atoms with Crippen LogP contribution in [0.4, 0.5) is 5.69 Å². The van der Waals surface area contributed by atoms with Gasteiger partial charge in [0.25, 0.3) is 5.91 Å². The molecule has 100 valence electrons. The van der Waals surface area contributed by atoms with E-state index in [9.17, 15) is 4.79 Å². The van der Waals surface area contributed by atoms with Gasteiger partial charge < -0.3 is 10.6 Å². The van der Waals surface area contributed by atoms with Crippen LogP contribution in [0.2, 0.25) is 0 Å². The molecular formula is C14H22N2OS. The fourth-order valence-corrected chi connectivity index (χ4v) is 3.32. The minimum Gasteiger partial charge on any atom is -0.398 e. The molecule has 4 heteroatoms. The lowest BCUT2D eigenvalue weighted by atomic mass is 9.80. The summed E-state index contributed by atoms with van der Waals surface area (Å²) >= 11 is 1.50. The first-order chi connectivity index (χ1) is 8.29. The van der Waals surface area contributed by atoms with Crippen LogP contribution in [0.5, 0.6) is 0 Å². The number of carbonyl (C=O) groups is 1. The van der Waals surface area contributed by atoms with Crippen LogP contribution in [0, 0.1) is 18.3 Å². The van der Waals surface area contributed by atoms with Gasteiger partial charge in [0, 0.05) is 23.7 Å². The lowest BCUT2D eigenvalue weighted by Crippen LogP contribution is -2.30. The van der Waals surface area contributed by atoms with Crippen LogP contribution in [0.25, 0.3) is 0 Å². The van der Waals surface area contributed by atoms with E-state index in [1.165, 1.54) is 11.3 Å². The molecule has 0 radical (unpaired) electrons. The van der Waals surface area contributed by atoms with Gasteiger partial charge in [0.2, 0.25) is 0 Å². The molecule has 0 saturated carbocycles. The highest BCUT2D eigenvalue weighted by molar-refractivity contribution is 7.14. The number of nitrogen functional groups attached to an aromatic ring is 1. The topological polar surface area (TPSA) is 46.3 Å². The summed E-state index contributed by atoms with van der Waals surface area (Å²) in [7, 11) is 0. The predicted molar refractivity (Wildman–Crippen MR) is 76.9 cm³/mol. The molecule has 1 aromatic rings. The maximum absolute atomic E-state index is 12.4. The molecule has 0 aromatic carbocycles. The molecule has 1 fully saturated rings. The molecule has 1 amide bonds. The normalized spacial score (nSPS) is 20.4. The zero-order chi connectivity index (χ0) is 13.5. The second-order valence-electron chi connectivity index (χ2n) is 6.22. The molecule has 0 bridgehead atoms. The molecule has 1 aliphatic rings. The molecule has 1 saturated heterocycles. The molecule has 2 N–H and O–H groups in total. The van der Waals surface area contributed by atoms with Gasteiger partial charge in [0.05, 0.1) is 4.88 Å². The standard InChI is InChI=1S/C14H22N2OS/c1-9-11(15)7-12(18-9)13(17)16-6-5-10(8-16)14(2,3)4/h7,10H,5-6,8,15H2,1-4H3. The molecule has 1 atom stereocenters. The van der Waals surface area contributed by atoms with Crippen molar-refractivity contribution >= 4 is 22.9 Å². The lowest BCUT2D eigenvalue weighted by Gasteiger charge is -2.26. The van der Waals surface area contributed by atoms with Crippen LogP contribution in [0.3, 0.4) is 0 Å². The van der Waals surface area contributed by atoms with E-state index >= 15 is 0 Å². The predicted octanol–water partition coefficient (Wildman–Crippen LogP) is 3.15. The molecule has 1 aliphatic heterocycles. The number of anilines is 1. The maximum atomic E-state index is 12.4. The summed E-state index contributed by atoms with van der Waals surface area (Å²) in [6.45, 7) is 10.5. The first-order valence-electron chi connectivity index (χ1n) is 6.44. The SMILES string of the molecule is Cc1sc(C(=O)N2CCC(C(C)(C)C)C2)cc1N. The van der Waals surface area contributed by atoms with Crippen molar-refractivity contribution < 1.29 is 4.79 Å². The summed E-state index contributed by atoms with van der Waals surface area (Å²) in [5.41, 5.74) is 6.82. The van der Waals surface area contributed by atoms with Crippen molar-refractivity contribution in [1.82, 2.24) is 4.90 Å². The van der Waals surface area contributed by atoms with Crippen LogP contribution in [-0.2, 0) is 0 Å². The minimum atomic E-state index is 0.145. The number of hydrogen-bond donors (Lipinski definition) is 1. The van der Waals surface area contributed by atoms with Crippen molar-refractivity contribution in [2.45, 2.75) is 34.1 Å². The molecule has 1 unspecified atom stereocenters. The quantitative estimate of drug-likeness (QED) is 0.848. The highest BCUT2D eigenvalue weighted by Crippen LogP contribution is 2.35. The first-order valence-corrected chi connectivity index (χ1v) is 7.26. The van der Waals surface area contributed by atoms with E-state index in [4.69, 9.17) is 5.73 Å². The summed E-state index contributed by atoms with van der Waals surface area (Å²) in [4.78, 5) is 16.1. The highest BCUT2D eigenvalue weighted by Gasteiger charge is 2.34. The number of rotatable bonds is 1. The second-order valence-corrected chi connectivity index (χ2v) is 7.48. The third-order valence-corrected chi connectivity index (χ3v) is 4.92. The van der Waals surface area contributed by atoms with Crippen LogP contribution in [-0.4, -0.2) is 23.9 Å². The Morgan fingerprint density at radius 3 is 2.61 bits per heavy atom. The number of amides is 1. The van der Waals surface area contributed by atoms with E-state index < -0.39 is 0 Å². The van der Waals surface area contributed by atoms with Crippen LogP contribution < -0.4 is 5.73 Å². The number of likely N-dealkylation sites (tertiary alicyclic amines) is 1. The largest absolute Gasteiger partial charge is 0.398 e. The summed E-state index contributed by atoms with van der Waals surface area (Å²) < 4.78 is 0. The number of carbonyl (C=O) groups excluding carboxylic acids is 1. The Hall–Kier alpha value is -1.03. The molecule has 3 nitrogen and oxygen atoms in total. The minimum absolute atomic E-state index is 0.145. The summed E-state index contributed by atoms with van der Waals surface area (Å²) in [5, 5.41) is 0. The third kappa shape index (κ3) is 2.53. The van der Waals surface area contributed by atoms with Gasteiger partial charge in [0.1, 0.15) is 0 Å². The van der Waals surface area contributed by atoms with E-state index in [1.807, 2.05) is 17.9 Å². The zero-order valence-corrected chi connectivity index (χ0v) is 12.4. The van der Waals surface area contributed by atoms with Crippen LogP contribution >= 0.6 is 11.3 Å². The van der Waals surface area contributed by atoms with Crippen molar-refractivity contribution in [1.29, 1.82) is 0 Å². The fraction of sp³-hybridized carbons (Fsp3) is 0.643. The van der Waals surface area contributed by atoms with E-state index in [1.54, 1.807) is 0 Å². The molecule has 0 spiro atoms. The van der Waals surface area contributed by atoms with Gasteiger partial charge in [-0.05, 0) is 30.7 Å². The van der Waals surface area contributed by atoms with E-state index in [-0.39, 0.29) is 11.3 Å². The molecule has 0 aliphatic carbocycles. The molecule has 2 heterocycles. The zero-order valence-electron chi connectivity index (χ0n) is 11.6. The molecule has 2 rings (SSSR count). The number of nitrogens with zero attached hydrogens (tertiary/aromatic N) is 1. The van der Waals surface area contributed by atoms with Gasteiger partial charge in [-0.15, -0.1) is 11.3 Å². The Balaban J connectivity index is 2.08. The third-order valence-electron chi connectivity index (χ3n) is 3.87. The average molecular weight is 266 g/mol. The Labute approximate surface area is 113 Å². The number of aryl methyl sites for hydroxylation is 1. The lowest BCUT2D eigenvalue weighted by molar-refractivity contribution is 0.0781. The highest BCUT2D eigenvalue weighted by atomic mass is 32.1. The number of nitrogens with two attached hydrogens (primary N) is 1. The Morgan fingerprint density at radius 2 is 2.17 bits per heavy atom.